The summed E-state index contributed by atoms with van der Waals surface area (Å²) in [4.78, 5) is 0. The second kappa shape index (κ2) is 6.08. The Bertz CT molecular complexity index is 511. The van der Waals surface area contributed by atoms with Crippen molar-refractivity contribution in [1.29, 1.82) is 0 Å². The van der Waals surface area contributed by atoms with Crippen molar-refractivity contribution < 1.29 is 17.9 Å². The van der Waals surface area contributed by atoms with Crippen molar-refractivity contribution in [2.45, 2.75) is 19.5 Å². The second-order valence-corrected chi connectivity index (χ2v) is 4.67. The number of nitrogens with one attached hydrogen (secondary N) is 1. The number of para-hydroxylation sites is 1. The number of hydrogen-bond donors (Lipinski definition) is 1. The highest BCUT2D eigenvalue weighted by atomic mass is 32.1. The van der Waals surface area contributed by atoms with Crippen molar-refractivity contribution in [3.8, 4) is 5.75 Å². The second-order valence-electron chi connectivity index (χ2n) is 3.89. The first kappa shape index (κ1) is 13.9. The first-order chi connectivity index (χ1) is 9.04. The zero-order chi connectivity index (χ0) is 13.7. The van der Waals surface area contributed by atoms with Gasteiger partial charge in [-0.05, 0) is 28.5 Å². The minimum absolute atomic E-state index is 0.159. The van der Waals surface area contributed by atoms with Crippen molar-refractivity contribution >= 4 is 11.3 Å². The maximum Gasteiger partial charge on any atom is 0.573 e. The van der Waals surface area contributed by atoms with E-state index in [-0.39, 0.29) is 5.75 Å². The Labute approximate surface area is 112 Å². The van der Waals surface area contributed by atoms with E-state index in [9.17, 15) is 13.2 Å². The molecule has 0 saturated heterocycles. The molecule has 0 spiro atoms. The summed E-state index contributed by atoms with van der Waals surface area (Å²) in [5.41, 5.74) is 1.59. The first-order valence-corrected chi connectivity index (χ1v) is 6.54. The molecule has 2 rings (SSSR count). The van der Waals surface area contributed by atoms with Crippen molar-refractivity contribution in [1.82, 2.24) is 5.32 Å². The molecule has 0 unspecified atom stereocenters. The summed E-state index contributed by atoms with van der Waals surface area (Å²) in [5.74, 6) is -0.159. The number of halogens is 3. The SMILES string of the molecule is FC(F)(F)Oc1ccccc1CNCc1ccsc1. The van der Waals surface area contributed by atoms with Gasteiger partial charge >= 0.3 is 6.36 Å². The van der Waals surface area contributed by atoms with Crippen LogP contribution in [0.3, 0.4) is 0 Å². The minimum atomic E-state index is -4.66. The number of alkyl halides is 3. The molecule has 19 heavy (non-hydrogen) atoms. The molecule has 0 aliphatic heterocycles. The van der Waals surface area contributed by atoms with E-state index in [1.807, 2.05) is 16.8 Å². The largest absolute Gasteiger partial charge is 0.573 e. The predicted molar refractivity (Wildman–Crippen MR) is 68.0 cm³/mol. The third kappa shape index (κ3) is 4.57. The lowest BCUT2D eigenvalue weighted by Crippen LogP contribution is -2.19. The van der Waals surface area contributed by atoms with Crippen molar-refractivity contribution in [2.24, 2.45) is 0 Å². The number of benzene rings is 1. The molecule has 0 fully saturated rings. The molecular weight excluding hydrogens is 275 g/mol. The molecule has 0 atom stereocenters. The van der Waals surface area contributed by atoms with E-state index in [1.165, 1.54) is 12.1 Å². The molecule has 102 valence electrons. The molecule has 2 aromatic rings. The lowest BCUT2D eigenvalue weighted by atomic mass is 10.2. The average Bonchev–Trinajstić information content (AvgIpc) is 2.82. The van der Waals surface area contributed by atoms with Gasteiger partial charge in [-0.3, -0.25) is 0 Å². The maximum atomic E-state index is 12.2. The fourth-order valence-corrected chi connectivity index (χ4v) is 2.28. The lowest BCUT2D eigenvalue weighted by molar-refractivity contribution is -0.274. The molecule has 0 bridgehead atoms. The summed E-state index contributed by atoms with van der Waals surface area (Å²) >= 11 is 1.58. The molecule has 1 aromatic heterocycles. The minimum Gasteiger partial charge on any atom is -0.405 e. The highest BCUT2D eigenvalue weighted by molar-refractivity contribution is 7.07. The molecule has 0 radical (unpaired) electrons. The molecule has 0 aliphatic carbocycles. The number of ether oxygens (including phenoxy) is 1. The fourth-order valence-electron chi connectivity index (χ4n) is 1.61. The third-order valence-corrected chi connectivity index (χ3v) is 3.16. The van der Waals surface area contributed by atoms with Crippen molar-refractivity contribution in [3.05, 3.63) is 52.2 Å². The van der Waals surface area contributed by atoms with Gasteiger partial charge in [-0.15, -0.1) is 13.2 Å². The standard InChI is InChI=1S/C13H12F3NOS/c14-13(15,16)18-12-4-2-1-3-11(12)8-17-7-10-5-6-19-9-10/h1-6,9,17H,7-8H2. The summed E-state index contributed by atoms with van der Waals surface area (Å²) in [6, 6.07) is 8.10. The molecule has 1 heterocycles. The van der Waals surface area contributed by atoms with E-state index >= 15 is 0 Å². The van der Waals surface area contributed by atoms with E-state index < -0.39 is 6.36 Å². The molecule has 6 heteroatoms. The van der Waals surface area contributed by atoms with Crippen molar-refractivity contribution in [2.75, 3.05) is 0 Å². The molecule has 1 aromatic carbocycles. The van der Waals surface area contributed by atoms with Crippen LogP contribution in [-0.4, -0.2) is 6.36 Å². The van der Waals surface area contributed by atoms with Gasteiger partial charge in [0.2, 0.25) is 0 Å². The smallest absolute Gasteiger partial charge is 0.405 e. The van der Waals surface area contributed by atoms with Gasteiger partial charge < -0.3 is 10.1 Å². The summed E-state index contributed by atoms with van der Waals surface area (Å²) < 4.78 is 40.7. The van der Waals surface area contributed by atoms with Crippen LogP contribution in [0.2, 0.25) is 0 Å². The summed E-state index contributed by atoms with van der Waals surface area (Å²) in [6.07, 6.45) is -4.66. The average molecular weight is 287 g/mol. The fraction of sp³-hybridized carbons (Fsp3) is 0.231. The molecule has 1 N–H and O–H groups in total. The first-order valence-electron chi connectivity index (χ1n) is 5.60. The Kier molecular flexibility index (Phi) is 4.44. The van der Waals surface area contributed by atoms with E-state index in [1.54, 1.807) is 23.5 Å². The summed E-state index contributed by atoms with van der Waals surface area (Å²) in [5, 5.41) is 7.04. The quantitative estimate of drug-likeness (QED) is 0.899. The van der Waals surface area contributed by atoms with Gasteiger partial charge in [0.1, 0.15) is 5.75 Å². The Morgan fingerprint density at radius 1 is 1.11 bits per heavy atom. The van der Waals surface area contributed by atoms with Crippen LogP contribution in [-0.2, 0) is 13.1 Å². The highest BCUT2D eigenvalue weighted by Gasteiger charge is 2.31. The van der Waals surface area contributed by atoms with Gasteiger partial charge in [-0.1, -0.05) is 18.2 Å². The topological polar surface area (TPSA) is 21.3 Å². The number of thiophene rings is 1. The molecule has 0 aliphatic rings. The number of hydrogen-bond acceptors (Lipinski definition) is 3. The Morgan fingerprint density at radius 3 is 2.58 bits per heavy atom. The van der Waals surface area contributed by atoms with E-state index in [4.69, 9.17) is 0 Å². The van der Waals surface area contributed by atoms with Crippen LogP contribution in [0.5, 0.6) is 5.75 Å². The lowest BCUT2D eigenvalue weighted by Gasteiger charge is -2.13. The van der Waals surface area contributed by atoms with Gasteiger partial charge in [0.05, 0.1) is 0 Å². The zero-order valence-corrected chi connectivity index (χ0v) is 10.7. The zero-order valence-electron chi connectivity index (χ0n) is 9.91. The maximum absolute atomic E-state index is 12.2. The molecular formula is C13H12F3NOS. The van der Waals surface area contributed by atoms with Crippen LogP contribution in [0.15, 0.2) is 41.1 Å². The van der Waals surface area contributed by atoms with Crippen LogP contribution in [0.1, 0.15) is 11.1 Å². The van der Waals surface area contributed by atoms with Crippen LogP contribution in [0, 0.1) is 0 Å². The van der Waals surface area contributed by atoms with Crippen LogP contribution in [0.25, 0.3) is 0 Å². The van der Waals surface area contributed by atoms with Gasteiger partial charge in [-0.25, -0.2) is 0 Å². The van der Waals surface area contributed by atoms with Gasteiger partial charge in [0, 0.05) is 18.7 Å². The normalized spacial score (nSPS) is 11.5. The molecule has 0 amide bonds. The molecule has 2 nitrogen and oxygen atoms in total. The Morgan fingerprint density at radius 2 is 1.89 bits per heavy atom. The van der Waals surface area contributed by atoms with Crippen LogP contribution >= 0.6 is 11.3 Å². The van der Waals surface area contributed by atoms with Gasteiger partial charge in [0.25, 0.3) is 0 Å². The van der Waals surface area contributed by atoms with Crippen LogP contribution < -0.4 is 10.1 Å². The highest BCUT2D eigenvalue weighted by Crippen LogP contribution is 2.26. The summed E-state index contributed by atoms with van der Waals surface area (Å²) in [6.45, 7) is 0.936. The number of rotatable bonds is 5. The predicted octanol–water partition coefficient (Wildman–Crippen LogP) is 3.94. The van der Waals surface area contributed by atoms with Crippen molar-refractivity contribution in [3.63, 3.8) is 0 Å². The van der Waals surface area contributed by atoms with E-state index in [2.05, 4.69) is 10.1 Å². The van der Waals surface area contributed by atoms with Gasteiger partial charge in [0.15, 0.2) is 0 Å². The van der Waals surface area contributed by atoms with E-state index in [0.29, 0.717) is 18.7 Å². The molecule has 0 saturated carbocycles. The third-order valence-electron chi connectivity index (χ3n) is 2.42. The monoisotopic (exact) mass is 287 g/mol. The van der Waals surface area contributed by atoms with Gasteiger partial charge in [-0.2, -0.15) is 11.3 Å². The summed E-state index contributed by atoms with van der Waals surface area (Å²) in [7, 11) is 0. The Balaban J connectivity index is 1.96. The van der Waals surface area contributed by atoms with E-state index in [0.717, 1.165) is 5.56 Å². The Hall–Kier alpha value is -1.53. The van der Waals surface area contributed by atoms with Crippen LogP contribution in [0.4, 0.5) is 13.2 Å².